The first-order valence-corrected chi connectivity index (χ1v) is 12.8. The van der Waals surface area contributed by atoms with Crippen molar-refractivity contribution in [3.63, 3.8) is 0 Å². The molecule has 0 unspecified atom stereocenters. The molecule has 2 heterocycles. The van der Waals surface area contributed by atoms with E-state index in [9.17, 15) is 23.5 Å². The van der Waals surface area contributed by atoms with Crippen LogP contribution in [-0.2, 0) is 17.8 Å². The largest absolute Gasteiger partial charge is 0.488 e. The fourth-order valence-corrected chi connectivity index (χ4v) is 5.79. The standard InChI is InChI=1S/C29H31F2NO5/c1-17-22-8-9-25(36-16-19-6-7-21(30)13-24(19)31)18(2)27(22)37-28(34)23(17)14-26(33)32-12-11-29(35)10-4-3-5-20(29)15-32/h6-9,13,20,35H,3-5,10-12,14-16H2,1-2H3/t20-,29+/m0/s1. The average Bonchev–Trinajstić information content (AvgIpc) is 2.86. The summed E-state index contributed by atoms with van der Waals surface area (Å²) in [5.41, 5.74) is 0.874. The molecule has 0 radical (unpaired) electrons. The van der Waals surface area contributed by atoms with Crippen LogP contribution in [0.25, 0.3) is 11.0 Å². The van der Waals surface area contributed by atoms with Crippen LogP contribution in [0.1, 0.15) is 54.4 Å². The molecule has 5 rings (SSSR count). The van der Waals surface area contributed by atoms with Gasteiger partial charge < -0.3 is 19.2 Å². The Labute approximate surface area is 213 Å². The highest BCUT2D eigenvalue weighted by molar-refractivity contribution is 5.87. The van der Waals surface area contributed by atoms with Crippen LogP contribution in [-0.4, -0.2) is 34.6 Å². The van der Waals surface area contributed by atoms with E-state index in [-0.39, 0.29) is 30.4 Å². The van der Waals surface area contributed by atoms with Crippen molar-refractivity contribution in [2.24, 2.45) is 5.92 Å². The van der Waals surface area contributed by atoms with Gasteiger partial charge in [0, 0.05) is 41.6 Å². The van der Waals surface area contributed by atoms with Gasteiger partial charge in [0.25, 0.3) is 0 Å². The maximum Gasteiger partial charge on any atom is 0.340 e. The predicted molar refractivity (Wildman–Crippen MR) is 134 cm³/mol. The van der Waals surface area contributed by atoms with Crippen LogP contribution in [0.4, 0.5) is 8.78 Å². The molecule has 1 saturated heterocycles. The van der Waals surface area contributed by atoms with E-state index in [1.807, 2.05) is 0 Å². The van der Waals surface area contributed by atoms with Gasteiger partial charge in [0.05, 0.1) is 17.6 Å². The SMILES string of the molecule is Cc1c(CC(=O)N2CC[C@]3(O)CCCC[C@H]3C2)c(=O)oc2c(C)c(OCc3ccc(F)cc3F)ccc12. The minimum absolute atomic E-state index is 0.0591. The minimum atomic E-state index is -0.697. The number of hydrogen-bond donors (Lipinski definition) is 1. The molecule has 1 aromatic heterocycles. The van der Waals surface area contributed by atoms with E-state index in [1.54, 1.807) is 30.9 Å². The molecule has 1 aliphatic carbocycles. The lowest BCUT2D eigenvalue weighted by atomic mass is 9.71. The number of nitrogens with zero attached hydrogens (tertiary/aromatic N) is 1. The summed E-state index contributed by atoms with van der Waals surface area (Å²) in [4.78, 5) is 27.9. The van der Waals surface area contributed by atoms with Gasteiger partial charge in [-0.3, -0.25) is 4.79 Å². The molecule has 3 aromatic rings. The highest BCUT2D eigenvalue weighted by Crippen LogP contribution is 2.40. The third-order valence-corrected chi connectivity index (χ3v) is 8.16. The number of aryl methyl sites for hydroxylation is 2. The van der Waals surface area contributed by atoms with E-state index in [2.05, 4.69) is 0 Å². The number of amides is 1. The van der Waals surface area contributed by atoms with E-state index >= 15 is 0 Å². The summed E-state index contributed by atoms with van der Waals surface area (Å²) in [5.74, 6) is -1.00. The first-order valence-electron chi connectivity index (χ1n) is 12.8. The summed E-state index contributed by atoms with van der Waals surface area (Å²) in [7, 11) is 0. The number of carbonyl (C=O) groups excluding carboxylic acids is 1. The maximum atomic E-state index is 14.0. The molecular formula is C29H31F2NO5. The summed E-state index contributed by atoms with van der Waals surface area (Å²) in [5, 5.41) is 11.6. The predicted octanol–water partition coefficient (Wildman–Crippen LogP) is 4.96. The fraction of sp³-hybridized carbons (Fsp3) is 0.448. The molecule has 1 aliphatic heterocycles. The van der Waals surface area contributed by atoms with E-state index in [4.69, 9.17) is 9.15 Å². The van der Waals surface area contributed by atoms with E-state index in [1.165, 1.54) is 12.1 Å². The van der Waals surface area contributed by atoms with E-state index < -0.39 is 22.9 Å². The van der Waals surface area contributed by atoms with Crippen LogP contribution < -0.4 is 10.4 Å². The molecule has 1 saturated carbocycles. The van der Waals surface area contributed by atoms with Gasteiger partial charge in [-0.1, -0.05) is 12.8 Å². The number of rotatable bonds is 5. The fourth-order valence-electron chi connectivity index (χ4n) is 5.79. The van der Waals surface area contributed by atoms with Crippen molar-refractivity contribution in [1.82, 2.24) is 4.90 Å². The first kappa shape index (κ1) is 25.4. The molecule has 2 aromatic carbocycles. The zero-order valence-corrected chi connectivity index (χ0v) is 21.1. The number of aliphatic hydroxyl groups is 1. The van der Waals surface area contributed by atoms with Crippen molar-refractivity contribution in [3.05, 3.63) is 74.6 Å². The zero-order chi connectivity index (χ0) is 26.3. The second-order valence-corrected chi connectivity index (χ2v) is 10.4. The van der Waals surface area contributed by atoms with Gasteiger partial charge in [-0.25, -0.2) is 13.6 Å². The third kappa shape index (κ3) is 4.87. The molecule has 1 amide bonds. The Bertz CT molecular complexity index is 1420. The minimum Gasteiger partial charge on any atom is -0.488 e. The lowest BCUT2D eigenvalue weighted by Crippen LogP contribution is -2.55. The molecule has 6 nitrogen and oxygen atoms in total. The molecule has 2 fully saturated rings. The van der Waals surface area contributed by atoms with Gasteiger partial charge in [0.2, 0.25) is 5.91 Å². The second kappa shape index (κ2) is 9.89. The number of fused-ring (bicyclic) bond motifs is 2. The van der Waals surface area contributed by atoms with Crippen molar-refractivity contribution in [1.29, 1.82) is 0 Å². The van der Waals surface area contributed by atoms with E-state index in [0.29, 0.717) is 52.9 Å². The average molecular weight is 512 g/mol. The zero-order valence-electron chi connectivity index (χ0n) is 21.1. The van der Waals surface area contributed by atoms with Crippen molar-refractivity contribution >= 4 is 16.9 Å². The maximum absolute atomic E-state index is 14.0. The second-order valence-electron chi connectivity index (χ2n) is 10.4. The van der Waals surface area contributed by atoms with Crippen molar-refractivity contribution in [3.8, 4) is 5.75 Å². The summed E-state index contributed by atoms with van der Waals surface area (Å²) in [6.45, 7) is 4.43. The Hall–Kier alpha value is -3.26. The molecule has 0 bridgehead atoms. The number of piperidine rings is 1. The normalized spacial score (nSPS) is 21.6. The van der Waals surface area contributed by atoms with Crippen molar-refractivity contribution < 1.29 is 27.8 Å². The van der Waals surface area contributed by atoms with Crippen LogP contribution in [0.5, 0.6) is 5.75 Å². The summed E-state index contributed by atoms with van der Waals surface area (Å²) >= 11 is 0. The van der Waals surface area contributed by atoms with Crippen LogP contribution in [0, 0.1) is 31.4 Å². The number of ether oxygens (including phenoxy) is 1. The molecule has 0 spiro atoms. The molecule has 2 aliphatic rings. The molecule has 196 valence electrons. The lowest BCUT2D eigenvalue weighted by Gasteiger charge is -2.47. The smallest absolute Gasteiger partial charge is 0.340 e. The summed E-state index contributed by atoms with van der Waals surface area (Å²) in [6.07, 6.45) is 4.29. The van der Waals surface area contributed by atoms with Gasteiger partial charge in [0.15, 0.2) is 0 Å². The quantitative estimate of drug-likeness (QED) is 0.490. The van der Waals surface area contributed by atoms with Crippen molar-refractivity contribution in [2.45, 2.75) is 64.6 Å². The Balaban J connectivity index is 1.35. The van der Waals surface area contributed by atoms with Crippen LogP contribution in [0.15, 0.2) is 39.5 Å². The van der Waals surface area contributed by atoms with Gasteiger partial charge in [-0.2, -0.15) is 0 Å². The molecule has 2 atom stereocenters. The van der Waals surface area contributed by atoms with Crippen LogP contribution in [0.2, 0.25) is 0 Å². The van der Waals surface area contributed by atoms with Gasteiger partial charge in [0.1, 0.15) is 29.6 Å². The molecule has 8 heteroatoms. The third-order valence-electron chi connectivity index (χ3n) is 8.16. The van der Waals surface area contributed by atoms with E-state index in [0.717, 1.165) is 31.7 Å². The number of benzene rings is 2. The Kier molecular flexibility index (Phi) is 6.79. The van der Waals surface area contributed by atoms with Crippen LogP contribution >= 0.6 is 0 Å². The topological polar surface area (TPSA) is 80.0 Å². The van der Waals surface area contributed by atoms with Gasteiger partial charge in [-0.05, 0) is 62.9 Å². The lowest BCUT2D eigenvalue weighted by molar-refractivity contribution is -0.142. The summed E-state index contributed by atoms with van der Waals surface area (Å²) < 4.78 is 38.5. The number of hydrogen-bond acceptors (Lipinski definition) is 5. The number of halogens is 2. The van der Waals surface area contributed by atoms with Gasteiger partial charge >= 0.3 is 5.63 Å². The summed E-state index contributed by atoms with van der Waals surface area (Å²) in [6, 6.07) is 6.77. The highest BCUT2D eigenvalue weighted by Gasteiger charge is 2.43. The Morgan fingerprint density at radius 2 is 1.97 bits per heavy atom. The monoisotopic (exact) mass is 511 g/mol. The van der Waals surface area contributed by atoms with Gasteiger partial charge in [-0.15, -0.1) is 0 Å². The number of carbonyl (C=O) groups is 1. The highest BCUT2D eigenvalue weighted by atomic mass is 19.1. The Morgan fingerprint density at radius 3 is 2.76 bits per heavy atom. The molecular weight excluding hydrogens is 480 g/mol. The first-order chi connectivity index (χ1) is 17.7. The number of likely N-dealkylation sites (tertiary alicyclic amines) is 1. The Morgan fingerprint density at radius 1 is 1.16 bits per heavy atom. The molecule has 1 N–H and O–H groups in total. The van der Waals surface area contributed by atoms with Crippen LogP contribution in [0.3, 0.4) is 0 Å². The van der Waals surface area contributed by atoms with Crippen molar-refractivity contribution in [2.75, 3.05) is 13.1 Å². The molecule has 37 heavy (non-hydrogen) atoms.